The van der Waals surface area contributed by atoms with Crippen molar-refractivity contribution in [2.45, 2.75) is 47.9 Å². The number of carbonyl (C=O) groups excluding carboxylic acids is 1. The fourth-order valence-corrected chi connectivity index (χ4v) is 9.32. The topological polar surface area (TPSA) is 100 Å². The fraction of sp³-hybridized carbons (Fsp3) is 0.480. The van der Waals surface area contributed by atoms with E-state index in [1.807, 2.05) is 12.1 Å². The molecular weight excluding hydrogens is 529 g/mol. The minimum absolute atomic E-state index is 0.140. The van der Waals surface area contributed by atoms with Gasteiger partial charge in [-0.1, -0.05) is 23.7 Å². The molecule has 1 aromatic heterocycles. The number of amides is 2. The summed E-state index contributed by atoms with van der Waals surface area (Å²) < 4.78 is 29.7. The van der Waals surface area contributed by atoms with Gasteiger partial charge in [0.25, 0.3) is 10.0 Å². The van der Waals surface area contributed by atoms with Gasteiger partial charge in [-0.25, -0.2) is 18.2 Å². The number of sulfonamides is 1. The molecule has 3 atom stereocenters. The van der Waals surface area contributed by atoms with Crippen molar-refractivity contribution in [1.82, 2.24) is 19.1 Å². The number of piperazine rings is 1. The van der Waals surface area contributed by atoms with Crippen molar-refractivity contribution in [2.24, 2.45) is 5.10 Å². The molecule has 12 heteroatoms. The molecule has 194 valence electrons. The van der Waals surface area contributed by atoms with Crippen LogP contribution in [0, 0.1) is 23.7 Å². The number of hydrogen-bond acceptors (Lipinski definition) is 8. The molecule has 5 rings (SSSR count). The summed E-state index contributed by atoms with van der Waals surface area (Å²) >= 11 is 2.86. The van der Waals surface area contributed by atoms with Gasteiger partial charge in [0.2, 0.25) is 0 Å². The highest BCUT2D eigenvalue weighted by molar-refractivity contribution is 8.14. The van der Waals surface area contributed by atoms with Crippen LogP contribution in [0.5, 0.6) is 0 Å². The Kier molecular flexibility index (Phi) is 7.22. The highest BCUT2D eigenvalue weighted by Crippen LogP contribution is 2.35. The van der Waals surface area contributed by atoms with Crippen LogP contribution in [0.2, 0.25) is 0 Å². The fourth-order valence-electron chi connectivity index (χ4n) is 5.01. The van der Waals surface area contributed by atoms with Crippen LogP contribution >= 0.6 is 23.1 Å². The quantitative estimate of drug-likeness (QED) is 0.536. The predicted molar refractivity (Wildman–Crippen MR) is 147 cm³/mol. The molecule has 9 nitrogen and oxygen atoms in total. The van der Waals surface area contributed by atoms with Gasteiger partial charge in [0, 0.05) is 48.9 Å². The number of nitrogens with zero attached hydrogens (tertiary/aromatic N) is 6. The van der Waals surface area contributed by atoms with Crippen LogP contribution in [0.25, 0.3) is 10.1 Å². The first-order chi connectivity index (χ1) is 17.7. The molecular formula is C25H28N6O3S3. The van der Waals surface area contributed by atoms with Crippen molar-refractivity contribution in [3.05, 3.63) is 29.8 Å². The summed E-state index contributed by atoms with van der Waals surface area (Å²) in [5.41, 5.74) is 0.701. The molecule has 0 spiro atoms. The molecule has 1 aromatic carbocycles. The van der Waals surface area contributed by atoms with Crippen molar-refractivity contribution in [3.8, 4) is 18.4 Å². The van der Waals surface area contributed by atoms with Crippen LogP contribution in [0.15, 0.2) is 33.6 Å². The summed E-state index contributed by atoms with van der Waals surface area (Å²) in [6.45, 7) is 3.20. The van der Waals surface area contributed by atoms with Crippen LogP contribution in [0.4, 0.5) is 4.79 Å². The van der Waals surface area contributed by atoms with Crippen molar-refractivity contribution in [2.75, 3.05) is 33.2 Å². The highest BCUT2D eigenvalue weighted by Gasteiger charge is 2.42. The lowest BCUT2D eigenvalue weighted by Crippen LogP contribution is -2.59. The summed E-state index contributed by atoms with van der Waals surface area (Å²) in [5.74, 6) is 2.58. The minimum Gasteiger partial charge on any atom is -0.317 e. The Bertz CT molecular complexity index is 1440. The molecule has 2 amide bonds. The van der Waals surface area contributed by atoms with E-state index in [0.717, 1.165) is 21.6 Å². The first kappa shape index (κ1) is 26.0. The number of fused-ring (bicyclic) bond motifs is 2. The van der Waals surface area contributed by atoms with Crippen molar-refractivity contribution in [3.63, 3.8) is 0 Å². The van der Waals surface area contributed by atoms with Crippen LogP contribution in [0.1, 0.15) is 31.7 Å². The average Bonchev–Trinajstić information content (AvgIpc) is 3.46. The van der Waals surface area contributed by atoms with Crippen LogP contribution in [0.3, 0.4) is 0 Å². The second-order valence-electron chi connectivity index (χ2n) is 9.40. The monoisotopic (exact) mass is 556 g/mol. The standard InChI is InChI=1S/C25H28N6O3S3/c1-4-18-7-8-19-15-23(36-22(19)14-18)37(33,34)29-12-13-30(20(16-29)6-5-10-26)25(32)31-11-9-21-24(27-31)35-17(2)28(21)3/h1,7-8,14-15,17,20-21H,5-6,9,11-13,16H2,2-3H3. The van der Waals surface area contributed by atoms with E-state index < -0.39 is 16.1 Å². The summed E-state index contributed by atoms with van der Waals surface area (Å²) in [7, 11) is -1.70. The first-order valence-corrected chi connectivity index (χ1v) is 15.3. The van der Waals surface area contributed by atoms with E-state index in [9.17, 15) is 18.5 Å². The first-order valence-electron chi connectivity index (χ1n) is 12.2. The molecule has 3 aliphatic rings. The van der Waals surface area contributed by atoms with Gasteiger partial charge in [0.05, 0.1) is 17.5 Å². The van der Waals surface area contributed by atoms with E-state index in [2.05, 4.69) is 36.0 Å². The zero-order chi connectivity index (χ0) is 26.3. The van der Waals surface area contributed by atoms with E-state index in [4.69, 9.17) is 6.42 Å². The van der Waals surface area contributed by atoms with Crippen molar-refractivity contribution < 1.29 is 13.2 Å². The van der Waals surface area contributed by atoms with Crippen LogP contribution in [-0.2, 0) is 10.0 Å². The van der Waals surface area contributed by atoms with Crippen molar-refractivity contribution >= 4 is 54.3 Å². The number of hydrogen-bond donors (Lipinski definition) is 0. The Hall–Kier alpha value is -2.61. The maximum absolute atomic E-state index is 13.6. The van der Waals surface area contributed by atoms with Gasteiger partial charge in [0.1, 0.15) is 9.25 Å². The molecule has 37 heavy (non-hydrogen) atoms. The van der Waals surface area contributed by atoms with Gasteiger partial charge in [-0.2, -0.15) is 14.7 Å². The number of urea groups is 1. The van der Waals surface area contributed by atoms with Gasteiger partial charge < -0.3 is 4.90 Å². The van der Waals surface area contributed by atoms with Gasteiger partial charge in [-0.15, -0.1) is 17.8 Å². The molecule has 0 radical (unpaired) electrons. The van der Waals surface area contributed by atoms with E-state index in [1.54, 1.807) is 28.8 Å². The SMILES string of the molecule is C#Cc1ccc2cc(S(=O)(=O)N3CCN(C(=O)N4CCC5C(=N4)SC(C)N5C)C(CCC#N)C3)sc2c1. The third kappa shape index (κ3) is 4.85. The summed E-state index contributed by atoms with van der Waals surface area (Å²) in [6.07, 6.45) is 6.93. The largest absolute Gasteiger partial charge is 0.340 e. The Morgan fingerprint density at radius 2 is 2.08 bits per heavy atom. The van der Waals surface area contributed by atoms with Gasteiger partial charge in [-0.3, -0.25) is 4.90 Å². The van der Waals surface area contributed by atoms with Gasteiger partial charge >= 0.3 is 6.03 Å². The molecule has 2 aromatic rings. The van der Waals surface area contributed by atoms with Crippen LogP contribution < -0.4 is 0 Å². The molecule has 0 aliphatic carbocycles. The Balaban J connectivity index is 1.35. The second-order valence-corrected chi connectivity index (χ2v) is 14.0. The Labute approximate surface area is 225 Å². The maximum Gasteiger partial charge on any atom is 0.340 e. The third-order valence-electron chi connectivity index (χ3n) is 7.23. The summed E-state index contributed by atoms with van der Waals surface area (Å²) in [6, 6.07) is 8.86. The smallest absolute Gasteiger partial charge is 0.317 e. The molecule has 4 heterocycles. The Morgan fingerprint density at radius 1 is 1.27 bits per heavy atom. The number of terminal acetylenes is 1. The van der Waals surface area contributed by atoms with Crippen molar-refractivity contribution in [1.29, 1.82) is 5.26 Å². The molecule has 3 aliphatic heterocycles. The number of rotatable bonds is 4. The van der Waals surface area contributed by atoms with Gasteiger partial charge in [-0.05, 0) is 50.4 Å². The number of nitriles is 1. The average molecular weight is 557 g/mol. The molecule has 3 unspecified atom stereocenters. The van der Waals surface area contributed by atoms with Gasteiger partial charge in [0.15, 0.2) is 0 Å². The Morgan fingerprint density at radius 3 is 2.84 bits per heavy atom. The molecule has 2 saturated heterocycles. The highest BCUT2D eigenvalue weighted by atomic mass is 32.2. The zero-order valence-electron chi connectivity index (χ0n) is 20.7. The number of benzene rings is 1. The maximum atomic E-state index is 13.6. The lowest BCUT2D eigenvalue weighted by Gasteiger charge is -2.42. The number of thioether (sulfide) groups is 1. The summed E-state index contributed by atoms with van der Waals surface area (Å²) in [4.78, 5) is 17.5. The normalized spacial score (nSPS) is 25.0. The van der Waals surface area contributed by atoms with E-state index >= 15 is 0 Å². The molecule has 2 fully saturated rings. The van der Waals surface area contributed by atoms with E-state index in [0.29, 0.717) is 23.9 Å². The minimum atomic E-state index is -3.77. The lowest BCUT2D eigenvalue weighted by atomic mass is 10.1. The zero-order valence-corrected chi connectivity index (χ0v) is 23.2. The summed E-state index contributed by atoms with van der Waals surface area (Å²) in [5, 5.41) is 17.5. The lowest BCUT2D eigenvalue weighted by molar-refractivity contribution is 0.0948. The molecule has 0 saturated carbocycles. The third-order valence-corrected chi connectivity index (χ3v) is 11.9. The predicted octanol–water partition coefficient (Wildman–Crippen LogP) is 3.39. The second kappa shape index (κ2) is 10.3. The number of hydrazone groups is 1. The molecule has 0 bridgehead atoms. The number of thiophene rings is 1. The molecule has 0 N–H and O–H groups in total. The van der Waals surface area contributed by atoms with Crippen LogP contribution in [-0.4, -0.2) is 89.3 Å². The van der Waals surface area contributed by atoms with E-state index in [1.165, 1.54) is 20.7 Å². The van der Waals surface area contributed by atoms with E-state index in [-0.39, 0.29) is 42.3 Å². The number of carbonyl (C=O) groups is 1.